The highest BCUT2D eigenvalue weighted by Gasteiger charge is 2.08. The molecule has 1 rings (SSSR count). The van der Waals surface area contributed by atoms with Crippen LogP contribution in [0.4, 0.5) is 0 Å². The highest BCUT2D eigenvalue weighted by molar-refractivity contribution is 5.30. The van der Waals surface area contributed by atoms with Crippen LogP contribution in [0, 0.1) is 31.1 Å². The van der Waals surface area contributed by atoms with E-state index >= 15 is 0 Å². The molecule has 0 saturated carbocycles. The van der Waals surface area contributed by atoms with E-state index in [0.717, 1.165) is 25.9 Å². The first kappa shape index (κ1) is 14.7. The molecule has 0 aliphatic heterocycles. The smallest absolute Gasteiger partial charge is 0.0669 e. The van der Waals surface area contributed by atoms with E-state index in [2.05, 4.69) is 57.0 Å². The zero-order valence-corrected chi connectivity index (χ0v) is 12.0. The Hall–Kier alpha value is -1.33. The van der Waals surface area contributed by atoms with Gasteiger partial charge in [0, 0.05) is 13.1 Å². The fourth-order valence-corrected chi connectivity index (χ4v) is 2.17. The number of benzene rings is 1. The summed E-state index contributed by atoms with van der Waals surface area (Å²) in [6, 6.07) is 8.99. The fourth-order valence-electron chi connectivity index (χ4n) is 2.17. The highest BCUT2D eigenvalue weighted by Crippen LogP contribution is 2.12. The monoisotopic (exact) mass is 244 g/mol. The minimum Gasteiger partial charge on any atom is -0.305 e. The van der Waals surface area contributed by atoms with E-state index in [1.54, 1.807) is 0 Å². The first-order valence-corrected chi connectivity index (χ1v) is 6.71. The summed E-state index contributed by atoms with van der Waals surface area (Å²) < 4.78 is 0. The molecule has 1 unspecified atom stereocenters. The van der Waals surface area contributed by atoms with Crippen molar-refractivity contribution in [2.24, 2.45) is 5.92 Å². The Balaban J connectivity index is 2.47. The first-order chi connectivity index (χ1) is 8.56. The molecular formula is C16H24N2. The molecule has 18 heavy (non-hydrogen) atoms. The Kier molecular flexibility index (Phi) is 5.88. The van der Waals surface area contributed by atoms with Crippen molar-refractivity contribution >= 4 is 0 Å². The molecule has 0 aliphatic carbocycles. The van der Waals surface area contributed by atoms with E-state index < -0.39 is 0 Å². The third-order valence-electron chi connectivity index (χ3n) is 3.47. The molecule has 98 valence electrons. The lowest BCUT2D eigenvalue weighted by molar-refractivity contribution is 0.303. The summed E-state index contributed by atoms with van der Waals surface area (Å²) in [5, 5.41) is 8.96. The predicted octanol–water partition coefficient (Wildman–Crippen LogP) is 3.33. The van der Waals surface area contributed by atoms with Gasteiger partial charge < -0.3 is 4.90 Å². The molecule has 0 spiro atoms. The summed E-state index contributed by atoms with van der Waals surface area (Å²) in [7, 11) is 2.10. The topological polar surface area (TPSA) is 27.0 Å². The molecule has 0 heterocycles. The molecule has 0 amide bonds. The van der Waals surface area contributed by atoms with E-state index in [1.807, 2.05) is 0 Å². The minimum absolute atomic E-state index is 0.161. The summed E-state index contributed by atoms with van der Waals surface area (Å²) in [5.74, 6) is 0.161. The van der Waals surface area contributed by atoms with Crippen LogP contribution in [0.5, 0.6) is 0 Å². The molecule has 0 radical (unpaired) electrons. The number of nitrogens with zero attached hydrogens (tertiary/aromatic N) is 2. The van der Waals surface area contributed by atoms with E-state index in [4.69, 9.17) is 5.26 Å². The highest BCUT2D eigenvalue weighted by atomic mass is 15.1. The van der Waals surface area contributed by atoms with Crippen molar-refractivity contribution in [1.29, 1.82) is 5.26 Å². The van der Waals surface area contributed by atoms with Crippen LogP contribution in [0.1, 0.15) is 30.0 Å². The molecule has 0 aromatic heterocycles. The van der Waals surface area contributed by atoms with Gasteiger partial charge in [-0.2, -0.15) is 5.26 Å². The van der Waals surface area contributed by atoms with Gasteiger partial charge in [-0.15, -0.1) is 0 Å². The SMILES string of the molecule is CCC(C#N)CN(C)CCc1ccc(C)cc1C. The number of nitriles is 1. The second-order valence-electron chi connectivity index (χ2n) is 5.18. The van der Waals surface area contributed by atoms with Crippen LogP contribution < -0.4 is 0 Å². The zero-order valence-electron chi connectivity index (χ0n) is 12.0. The van der Waals surface area contributed by atoms with Crippen molar-refractivity contribution in [3.8, 4) is 6.07 Å². The normalized spacial score (nSPS) is 12.4. The fraction of sp³-hybridized carbons (Fsp3) is 0.562. The third-order valence-corrected chi connectivity index (χ3v) is 3.47. The van der Waals surface area contributed by atoms with Crippen LogP contribution in [0.3, 0.4) is 0 Å². The molecule has 0 fully saturated rings. The summed E-state index contributed by atoms with van der Waals surface area (Å²) in [6.07, 6.45) is 1.99. The zero-order chi connectivity index (χ0) is 13.5. The van der Waals surface area contributed by atoms with E-state index in [9.17, 15) is 0 Å². The lowest BCUT2D eigenvalue weighted by Gasteiger charge is -2.19. The Labute approximate surface area is 111 Å². The van der Waals surface area contributed by atoms with Gasteiger partial charge in [0.25, 0.3) is 0 Å². The Morgan fingerprint density at radius 3 is 2.61 bits per heavy atom. The largest absolute Gasteiger partial charge is 0.305 e. The molecule has 2 heteroatoms. The van der Waals surface area contributed by atoms with Crippen molar-refractivity contribution in [3.63, 3.8) is 0 Å². The second kappa shape index (κ2) is 7.18. The molecule has 1 aromatic rings. The van der Waals surface area contributed by atoms with E-state index in [0.29, 0.717) is 0 Å². The second-order valence-corrected chi connectivity index (χ2v) is 5.18. The Bertz CT molecular complexity index is 418. The Morgan fingerprint density at radius 2 is 2.06 bits per heavy atom. The molecular weight excluding hydrogens is 220 g/mol. The maximum atomic E-state index is 8.96. The van der Waals surface area contributed by atoms with Gasteiger partial charge in [-0.3, -0.25) is 0 Å². The van der Waals surface area contributed by atoms with Crippen LogP contribution in [0.2, 0.25) is 0 Å². The van der Waals surface area contributed by atoms with Crippen molar-refractivity contribution in [1.82, 2.24) is 4.90 Å². The molecule has 0 aliphatic rings. The van der Waals surface area contributed by atoms with E-state index in [-0.39, 0.29) is 5.92 Å². The molecule has 2 nitrogen and oxygen atoms in total. The molecule has 0 saturated heterocycles. The van der Waals surface area contributed by atoms with Crippen molar-refractivity contribution in [3.05, 3.63) is 34.9 Å². The molecule has 1 aromatic carbocycles. The van der Waals surface area contributed by atoms with Crippen molar-refractivity contribution in [2.45, 2.75) is 33.6 Å². The molecule has 1 atom stereocenters. The van der Waals surface area contributed by atoms with Gasteiger partial charge in [-0.25, -0.2) is 0 Å². The van der Waals surface area contributed by atoms with Crippen LogP contribution in [0.25, 0.3) is 0 Å². The maximum Gasteiger partial charge on any atom is 0.0669 e. The van der Waals surface area contributed by atoms with Gasteiger partial charge in [0.1, 0.15) is 0 Å². The summed E-state index contributed by atoms with van der Waals surface area (Å²) >= 11 is 0. The van der Waals surface area contributed by atoms with Gasteiger partial charge in [-0.1, -0.05) is 30.7 Å². The van der Waals surface area contributed by atoms with Gasteiger partial charge in [0.05, 0.1) is 12.0 Å². The number of hydrogen-bond donors (Lipinski definition) is 0. The van der Waals surface area contributed by atoms with Crippen LogP contribution >= 0.6 is 0 Å². The molecule has 0 bridgehead atoms. The van der Waals surface area contributed by atoms with Gasteiger partial charge >= 0.3 is 0 Å². The lowest BCUT2D eigenvalue weighted by atomic mass is 10.0. The summed E-state index contributed by atoms with van der Waals surface area (Å²) in [6.45, 7) is 8.26. The van der Waals surface area contributed by atoms with Gasteiger partial charge in [0.2, 0.25) is 0 Å². The number of hydrogen-bond acceptors (Lipinski definition) is 2. The summed E-state index contributed by atoms with van der Waals surface area (Å²) in [5.41, 5.74) is 4.10. The van der Waals surface area contributed by atoms with Crippen LogP contribution in [0.15, 0.2) is 18.2 Å². The number of likely N-dealkylation sites (N-methyl/N-ethyl adjacent to an activating group) is 1. The lowest BCUT2D eigenvalue weighted by Crippen LogP contribution is -2.27. The van der Waals surface area contributed by atoms with E-state index in [1.165, 1.54) is 16.7 Å². The van der Waals surface area contributed by atoms with Gasteiger partial charge in [0.15, 0.2) is 0 Å². The van der Waals surface area contributed by atoms with Crippen molar-refractivity contribution in [2.75, 3.05) is 20.1 Å². The number of aryl methyl sites for hydroxylation is 2. The van der Waals surface area contributed by atoms with Gasteiger partial charge in [-0.05, 0) is 44.9 Å². The van der Waals surface area contributed by atoms with Crippen molar-refractivity contribution < 1.29 is 0 Å². The Morgan fingerprint density at radius 1 is 1.33 bits per heavy atom. The first-order valence-electron chi connectivity index (χ1n) is 6.71. The predicted molar refractivity (Wildman–Crippen MR) is 76.5 cm³/mol. The average Bonchev–Trinajstić information content (AvgIpc) is 2.35. The molecule has 0 N–H and O–H groups in total. The third kappa shape index (κ3) is 4.50. The minimum atomic E-state index is 0.161. The number of rotatable bonds is 6. The van der Waals surface area contributed by atoms with Crippen LogP contribution in [-0.4, -0.2) is 25.0 Å². The standard InChI is InChI=1S/C16H24N2/c1-5-15(11-17)12-18(4)9-8-16-7-6-13(2)10-14(16)3/h6-7,10,15H,5,8-9,12H2,1-4H3. The maximum absolute atomic E-state index is 8.96. The quantitative estimate of drug-likeness (QED) is 0.767. The average molecular weight is 244 g/mol. The summed E-state index contributed by atoms with van der Waals surface area (Å²) in [4.78, 5) is 2.26. The van der Waals surface area contributed by atoms with Crippen LogP contribution in [-0.2, 0) is 6.42 Å².